The van der Waals surface area contributed by atoms with Gasteiger partial charge in [0, 0.05) is 5.39 Å². The standard InChI is InChI=1S/C32H30N2O5/c1-3-4-19-38-26-18-17-22(20-27(26)37-2)29-28-30(39-34(29)23-13-6-5-7-14-23)32(36)33(31(28)35)25-16-10-12-21-11-8-9-15-24(21)25/h5-18,20,28-30H,3-4,19H2,1-2H3/t28-,29+,30+/m0/s1. The van der Waals surface area contributed by atoms with Gasteiger partial charge in [-0.1, -0.05) is 74.0 Å². The number of rotatable bonds is 8. The SMILES string of the molecule is CCCCOc1ccc([C@@H]2[C@@H]3C(=O)N(c4cccc5ccccc45)C(=O)[C@@H]3ON2c2ccccc2)cc1OC. The summed E-state index contributed by atoms with van der Waals surface area (Å²) in [5.74, 6) is -0.179. The Morgan fingerprint density at radius 2 is 1.62 bits per heavy atom. The van der Waals surface area contributed by atoms with Crippen LogP contribution in [-0.4, -0.2) is 31.6 Å². The smallest absolute Gasteiger partial charge is 0.266 e. The Morgan fingerprint density at radius 3 is 2.41 bits per heavy atom. The van der Waals surface area contributed by atoms with E-state index in [0.29, 0.717) is 23.8 Å². The minimum absolute atomic E-state index is 0.285. The molecular weight excluding hydrogens is 492 g/mol. The Morgan fingerprint density at radius 1 is 0.846 bits per heavy atom. The lowest BCUT2D eigenvalue weighted by Gasteiger charge is -2.29. The monoisotopic (exact) mass is 522 g/mol. The minimum atomic E-state index is -0.951. The average molecular weight is 523 g/mol. The van der Waals surface area contributed by atoms with Crippen molar-refractivity contribution in [3.05, 3.63) is 96.6 Å². The number of hydroxylamine groups is 1. The van der Waals surface area contributed by atoms with E-state index in [0.717, 1.165) is 34.9 Å². The lowest BCUT2D eigenvalue weighted by molar-refractivity contribution is -0.126. The Labute approximate surface area is 227 Å². The first-order valence-corrected chi connectivity index (χ1v) is 13.3. The van der Waals surface area contributed by atoms with Crippen molar-refractivity contribution in [2.45, 2.75) is 31.9 Å². The third kappa shape index (κ3) is 4.29. The molecule has 7 heteroatoms. The predicted octanol–water partition coefficient (Wildman–Crippen LogP) is 6.08. The van der Waals surface area contributed by atoms with Crippen molar-refractivity contribution in [3.8, 4) is 11.5 Å². The van der Waals surface area contributed by atoms with Crippen molar-refractivity contribution in [2.75, 3.05) is 23.7 Å². The normalized spacial score (nSPS) is 20.5. The van der Waals surface area contributed by atoms with Gasteiger partial charge in [-0.15, -0.1) is 0 Å². The summed E-state index contributed by atoms with van der Waals surface area (Å²) in [5.41, 5.74) is 2.13. The number of ether oxygens (including phenoxy) is 2. The van der Waals surface area contributed by atoms with Crippen molar-refractivity contribution < 1.29 is 23.9 Å². The maximum atomic E-state index is 14.1. The van der Waals surface area contributed by atoms with Crippen LogP contribution in [0, 0.1) is 5.92 Å². The summed E-state index contributed by atoms with van der Waals surface area (Å²) in [7, 11) is 1.60. The van der Waals surface area contributed by atoms with Crippen LogP contribution in [0.25, 0.3) is 10.8 Å². The highest BCUT2D eigenvalue weighted by Crippen LogP contribution is 2.49. The molecule has 6 rings (SSSR count). The molecule has 39 heavy (non-hydrogen) atoms. The van der Waals surface area contributed by atoms with Crippen LogP contribution in [0.2, 0.25) is 0 Å². The molecule has 2 amide bonds. The molecule has 0 radical (unpaired) electrons. The second-order valence-electron chi connectivity index (χ2n) is 9.78. The Bertz CT molecular complexity index is 1520. The van der Waals surface area contributed by atoms with Crippen LogP contribution in [0.5, 0.6) is 11.5 Å². The molecule has 0 N–H and O–H groups in total. The molecule has 0 aliphatic carbocycles. The molecule has 0 aromatic heterocycles. The molecule has 7 nitrogen and oxygen atoms in total. The van der Waals surface area contributed by atoms with E-state index in [4.69, 9.17) is 14.3 Å². The molecule has 0 spiro atoms. The number of anilines is 2. The van der Waals surface area contributed by atoms with Gasteiger partial charge in [-0.25, -0.2) is 9.96 Å². The first-order valence-electron chi connectivity index (χ1n) is 13.3. The zero-order valence-corrected chi connectivity index (χ0v) is 21.9. The van der Waals surface area contributed by atoms with E-state index in [9.17, 15) is 9.59 Å². The number of unbranched alkanes of at least 4 members (excludes halogenated alkanes) is 1. The number of para-hydroxylation sites is 1. The highest BCUT2D eigenvalue weighted by atomic mass is 16.7. The van der Waals surface area contributed by atoms with Gasteiger partial charge in [0.25, 0.3) is 5.91 Å². The van der Waals surface area contributed by atoms with Crippen LogP contribution in [0.1, 0.15) is 31.4 Å². The molecule has 3 atom stereocenters. The largest absolute Gasteiger partial charge is 0.493 e. The van der Waals surface area contributed by atoms with E-state index >= 15 is 0 Å². The number of hydrogen-bond acceptors (Lipinski definition) is 6. The van der Waals surface area contributed by atoms with E-state index in [2.05, 4.69) is 6.92 Å². The van der Waals surface area contributed by atoms with Crippen molar-refractivity contribution in [3.63, 3.8) is 0 Å². The summed E-state index contributed by atoms with van der Waals surface area (Å²) < 4.78 is 11.6. The van der Waals surface area contributed by atoms with E-state index in [1.54, 1.807) is 12.2 Å². The third-order valence-corrected chi connectivity index (χ3v) is 7.42. The number of carbonyl (C=O) groups excluding carboxylic acids is 2. The molecule has 0 unspecified atom stereocenters. The number of benzene rings is 4. The Balaban J connectivity index is 1.42. The second kappa shape index (κ2) is 10.4. The molecular formula is C32H30N2O5. The molecule has 198 valence electrons. The first kappa shape index (κ1) is 24.9. The van der Waals surface area contributed by atoms with Gasteiger partial charge in [0.1, 0.15) is 5.92 Å². The number of methoxy groups -OCH3 is 1. The molecule has 2 saturated heterocycles. The zero-order chi connectivity index (χ0) is 26.9. The van der Waals surface area contributed by atoms with E-state index < -0.39 is 18.1 Å². The highest BCUT2D eigenvalue weighted by Gasteiger charge is 2.60. The summed E-state index contributed by atoms with van der Waals surface area (Å²) in [4.78, 5) is 35.6. The maximum Gasteiger partial charge on any atom is 0.266 e. The summed E-state index contributed by atoms with van der Waals surface area (Å²) >= 11 is 0. The predicted molar refractivity (Wildman–Crippen MR) is 150 cm³/mol. The Hall–Kier alpha value is -4.36. The zero-order valence-electron chi connectivity index (χ0n) is 21.9. The van der Waals surface area contributed by atoms with E-state index in [-0.39, 0.29) is 11.8 Å². The number of carbonyl (C=O) groups is 2. The van der Waals surface area contributed by atoms with E-state index in [1.165, 1.54) is 4.90 Å². The number of fused-ring (bicyclic) bond motifs is 2. The molecule has 0 bridgehead atoms. The molecule has 2 fully saturated rings. The molecule has 4 aromatic carbocycles. The van der Waals surface area contributed by atoms with Gasteiger partial charge in [0.15, 0.2) is 17.6 Å². The van der Waals surface area contributed by atoms with Crippen molar-refractivity contribution >= 4 is 34.0 Å². The minimum Gasteiger partial charge on any atom is -0.493 e. The summed E-state index contributed by atoms with van der Waals surface area (Å²) in [6.45, 7) is 2.70. The van der Waals surface area contributed by atoms with Crippen LogP contribution in [-0.2, 0) is 14.4 Å². The summed E-state index contributed by atoms with van der Waals surface area (Å²) in [5, 5.41) is 3.49. The van der Waals surface area contributed by atoms with Crippen molar-refractivity contribution in [1.82, 2.24) is 0 Å². The topological polar surface area (TPSA) is 68.3 Å². The highest BCUT2D eigenvalue weighted by molar-refractivity contribution is 6.26. The van der Waals surface area contributed by atoms with Crippen LogP contribution in [0.3, 0.4) is 0 Å². The summed E-state index contributed by atoms with van der Waals surface area (Å²) in [6.07, 6.45) is 1.01. The quantitative estimate of drug-likeness (QED) is 0.206. The van der Waals surface area contributed by atoms with E-state index in [1.807, 2.05) is 91.0 Å². The molecule has 2 aliphatic rings. The molecule has 4 aromatic rings. The number of imide groups is 1. The van der Waals surface area contributed by atoms with Crippen LogP contribution < -0.4 is 19.4 Å². The molecule has 2 aliphatic heterocycles. The number of amides is 2. The average Bonchev–Trinajstić information content (AvgIpc) is 3.49. The Kier molecular flexibility index (Phi) is 6.67. The van der Waals surface area contributed by atoms with Crippen LogP contribution in [0.15, 0.2) is 91.0 Å². The second-order valence-corrected chi connectivity index (χ2v) is 9.78. The lowest BCUT2D eigenvalue weighted by Crippen LogP contribution is -2.37. The van der Waals surface area contributed by atoms with Gasteiger partial charge in [-0.05, 0) is 47.7 Å². The van der Waals surface area contributed by atoms with Gasteiger partial charge in [0.2, 0.25) is 5.91 Å². The molecule has 2 heterocycles. The van der Waals surface area contributed by atoms with Gasteiger partial charge >= 0.3 is 0 Å². The van der Waals surface area contributed by atoms with Gasteiger partial charge < -0.3 is 9.47 Å². The lowest BCUT2D eigenvalue weighted by atomic mass is 9.90. The summed E-state index contributed by atoms with van der Waals surface area (Å²) in [6, 6.07) is 28.1. The van der Waals surface area contributed by atoms with Crippen molar-refractivity contribution in [2.24, 2.45) is 5.92 Å². The maximum absolute atomic E-state index is 14.1. The van der Waals surface area contributed by atoms with Crippen LogP contribution in [0.4, 0.5) is 11.4 Å². The van der Waals surface area contributed by atoms with Gasteiger partial charge in [-0.3, -0.25) is 14.4 Å². The fourth-order valence-corrected chi connectivity index (χ4v) is 5.51. The number of nitrogens with zero attached hydrogens (tertiary/aromatic N) is 2. The van der Waals surface area contributed by atoms with Gasteiger partial charge in [0.05, 0.1) is 31.1 Å². The van der Waals surface area contributed by atoms with Gasteiger partial charge in [-0.2, -0.15) is 0 Å². The molecule has 0 saturated carbocycles. The fraction of sp³-hybridized carbons (Fsp3) is 0.250. The third-order valence-electron chi connectivity index (χ3n) is 7.42. The van der Waals surface area contributed by atoms with Crippen LogP contribution >= 0.6 is 0 Å². The number of hydrogen-bond donors (Lipinski definition) is 0. The van der Waals surface area contributed by atoms with Crippen molar-refractivity contribution in [1.29, 1.82) is 0 Å². The first-order chi connectivity index (χ1) is 19.1. The fourth-order valence-electron chi connectivity index (χ4n) is 5.51.